The van der Waals surface area contributed by atoms with Crippen LogP contribution in [0, 0.1) is 13.8 Å². The molecule has 0 atom stereocenters. The Labute approximate surface area is 153 Å². The van der Waals surface area contributed by atoms with Crippen molar-refractivity contribution in [3.05, 3.63) is 57.6 Å². The number of benzene rings is 1. The third-order valence-corrected chi connectivity index (χ3v) is 5.27. The van der Waals surface area contributed by atoms with Gasteiger partial charge in [0.2, 0.25) is 0 Å². The Bertz CT molecular complexity index is 770. The van der Waals surface area contributed by atoms with Gasteiger partial charge in [0.1, 0.15) is 0 Å². The summed E-state index contributed by atoms with van der Waals surface area (Å²) >= 11 is 1.73. The van der Waals surface area contributed by atoms with Gasteiger partial charge in [0.25, 0.3) is 0 Å². The molecule has 2 aromatic rings. The van der Waals surface area contributed by atoms with Gasteiger partial charge in [-0.15, -0.1) is 11.3 Å². The Hall–Kier alpha value is -2.34. The minimum absolute atomic E-state index is 0.746. The number of thiazole rings is 1. The molecule has 0 fully saturated rings. The van der Waals surface area contributed by atoms with Crippen LogP contribution < -0.4 is 15.5 Å². The van der Waals surface area contributed by atoms with Gasteiger partial charge in [0.15, 0.2) is 5.96 Å². The van der Waals surface area contributed by atoms with Crippen LogP contribution in [0.5, 0.6) is 0 Å². The van der Waals surface area contributed by atoms with E-state index in [-0.39, 0.29) is 0 Å². The standard InChI is InChI=1S/C19H25N5S/c1-14-18(25-15(2)23-14)13-22-19(20-3)21-12-16-7-6-8-17(11-16)24-9-4-5-10-24/h4-8,11H,9-10,12-13H2,1-3H3,(H2,20,21,22). The first kappa shape index (κ1) is 17.5. The molecule has 0 amide bonds. The zero-order valence-electron chi connectivity index (χ0n) is 15.0. The summed E-state index contributed by atoms with van der Waals surface area (Å²) in [6.45, 7) is 7.57. The Morgan fingerprint density at radius 3 is 2.64 bits per heavy atom. The molecule has 0 radical (unpaired) electrons. The molecule has 25 heavy (non-hydrogen) atoms. The minimum atomic E-state index is 0.746. The molecule has 2 N–H and O–H groups in total. The number of rotatable bonds is 5. The summed E-state index contributed by atoms with van der Waals surface area (Å²) in [5, 5.41) is 7.86. The van der Waals surface area contributed by atoms with Crippen molar-refractivity contribution in [2.24, 2.45) is 4.99 Å². The van der Waals surface area contributed by atoms with Gasteiger partial charge in [-0.05, 0) is 31.5 Å². The van der Waals surface area contributed by atoms with Crippen LogP contribution in [0.25, 0.3) is 0 Å². The molecule has 132 valence electrons. The Kier molecular flexibility index (Phi) is 5.71. The summed E-state index contributed by atoms with van der Waals surface area (Å²) in [6, 6.07) is 8.66. The molecule has 0 aliphatic carbocycles. The molecule has 0 spiro atoms. The predicted octanol–water partition coefficient (Wildman–Crippen LogP) is 3.00. The third kappa shape index (κ3) is 4.60. The minimum Gasteiger partial charge on any atom is -0.364 e. The van der Waals surface area contributed by atoms with Crippen molar-refractivity contribution in [1.82, 2.24) is 15.6 Å². The number of aliphatic imine (C=N–C) groups is 1. The highest BCUT2D eigenvalue weighted by Gasteiger charge is 2.09. The topological polar surface area (TPSA) is 52.6 Å². The SMILES string of the molecule is CN=C(NCc1cccc(N2CC=CC2)c1)NCc1sc(C)nc1C. The van der Waals surface area contributed by atoms with Crippen molar-refractivity contribution in [2.45, 2.75) is 26.9 Å². The van der Waals surface area contributed by atoms with Gasteiger partial charge >= 0.3 is 0 Å². The second-order valence-electron chi connectivity index (χ2n) is 6.07. The maximum Gasteiger partial charge on any atom is 0.191 e. The second kappa shape index (κ2) is 8.16. The van der Waals surface area contributed by atoms with Gasteiger partial charge < -0.3 is 15.5 Å². The van der Waals surface area contributed by atoms with Crippen molar-refractivity contribution >= 4 is 23.0 Å². The average Bonchev–Trinajstić information content (AvgIpc) is 3.25. The van der Waals surface area contributed by atoms with Crippen LogP contribution in [0.1, 0.15) is 21.1 Å². The number of aryl methyl sites for hydroxylation is 2. The lowest BCUT2D eigenvalue weighted by Gasteiger charge is -2.19. The van der Waals surface area contributed by atoms with Gasteiger partial charge in [-0.1, -0.05) is 24.3 Å². The summed E-state index contributed by atoms with van der Waals surface area (Å²) in [5.41, 5.74) is 3.61. The van der Waals surface area contributed by atoms with Crippen molar-refractivity contribution < 1.29 is 0 Å². The van der Waals surface area contributed by atoms with Crippen LogP contribution in [-0.2, 0) is 13.1 Å². The monoisotopic (exact) mass is 355 g/mol. The lowest BCUT2D eigenvalue weighted by Crippen LogP contribution is -2.36. The summed E-state index contributed by atoms with van der Waals surface area (Å²) < 4.78 is 0. The Morgan fingerprint density at radius 1 is 1.20 bits per heavy atom. The summed E-state index contributed by atoms with van der Waals surface area (Å²) in [5.74, 6) is 0.804. The highest BCUT2D eigenvalue weighted by Crippen LogP contribution is 2.18. The molecule has 3 rings (SSSR count). The summed E-state index contributed by atoms with van der Waals surface area (Å²) in [4.78, 5) is 12.4. The first-order chi connectivity index (χ1) is 12.2. The lowest BCUT2D eigenvalue weighted by atomic mass is 10.2. The van der Waals surface area contributed by atoms with Crippen LogP contribution in [0.3, 0.4) is 0 Å². The predicted molar refractivity (Wildman–Crippen MR) is 106 cm³/mol. The number of hydrogen-bond donors (Lipinski definition) is 2. The molecule has 2 heterocycles. The van der Waals surface area contributed by atoms with Gasteiger partial charge in [0, 0.05) is 37.2 Å². The number of hydrogen-bond acceptors (Lipinski definition) is 4. The first-order valence-corrected chi connectivity index (χ1v) is 9.33. The van der Waals surface area contributed by atoms with Gasteiger partial charge in [-0.25, -0.2) is 4.98 Å². The molecule has 1 aliphatic heterocycles. The average molecular weight is 356 g/mol. The van der Waals surface area contributed by atoms with E-state index in [0.29, 0.717) is 0 Å². The van der Waals surface area contributed by atoms with E-state index in [4.69, 9.17) is 0 Å². The van der Waals surface area contributed by atoms with Crippen LogP contribution in [0.15, 0.2) is 41.4 Å². The molecule has 1 aliphatic rings. The van der Waals surface area contributed by atoms with E-state index in [1.54, 1.807) is 18.4 Å². The van der Waals surface area contributed by atoms with Gasteiger partial charge in [-0.2, -0.15) is 0 Å². The van der Waals surface area contributed by atoms with Crippen molar-refractivity contribution in [1.29, 1.82) is 0 Å². The van der Waals surface area contributed by atoms with Gasteiger partial charge in [0.05, 0.1) is 17.2 Å². The van der Waals surface area contributed by atoms with E-state index in [1.807, 2.05) is 6.92 Å². The fraction of sp³-hybridized carbons (Fsp3) is 0.368. The second-order valence-corrected chi connectivity index (χ2v) is 7.35. The van der Waals surface area contributed by atoms with Crippen LogP contribution in [0.4, 0.5) is 5.69 Å². The van der Waals surface area contributed by atoms with Crippen molar-refractivity contribution in [3.8, 4) is 0 Å². The molecule has 0 bridgehead atoms. The van der Waals surface area contributed by atoms with E-state index in [0.717, 1.165) is 42.8 Å². The molecule has 1 aromatic carbocycles. The van der Waals surface area contributed by atoms with Crippen LogP contribution >= 0.6 is 11.3 Å². The molecule has 6 heteroatoms. The molecular weight excluding hydrogens is 330 g/mol. The number of guanidine groups is 1. The molecular formula is C19H25N5S. The largest absolute Gasteiger partial charge is 0.364 e. The smallest absolute Gasteiger partial charge is 0.191 e. The van der Waals surface area contributed by atoms with E-state index < -0.39 is 0 Å². The lowest BCUT2D eigenvalue weighted by molar-refractivity contribution is 0.811. The van der Waals surface area contributed by atoms with Gasteiger partial charge in [-0.3, -0.25) is 4.99 Å². The molecule has 0 unspecified atom stereocenters. The maximum atomic E-state index is 4.46. The highest BCUT2D eigenvalue weighted by molar-refractivity contribution is 7.11. The number of anilines is 1. The zero-order valence-corrected chi connectivity index (χ0v) is 15.9. The quantitative estimate of drug-likeness (QED) is 0.492. The van der Waals surface area contributed by atoms with Crippen LogP contribution in [-0.4, -0.2) is 31.1 Å². The van der Waals surface area contributed by atoms with Crippen LogP contribution in [0.2, 0.25) is 0 Å². The van der Waals surface area contributed by atoms with E-state index in [9.17, 15) is 0 Å². The Morgan fingerprint density at radius 2 is 1.96 bits per heavy atom. The zero-order chi connectivity index (χ0) is 17.6. The van der Waals surface area contributed by atoms with Crippen molar-refractivity contribution in [2.75, 3.05) is 25.0 Å². The number of nitrogens with zero attached hydrogens (tertiary/aromatic N) is 3. The van der Waals surface area contributed by atoms with E-state index in [2.05, 4.69) is 68.9 Å². The molecule has 1 aromatic heterocycles. The third-order valence-electron chi connectivity index (χ3n) is 4.19. The molecule has 0 saturated heterocycles. The summed E-state index contributed by atoms with van der Waals surface area (Å²) in [7, 11) is 1.80. The molecule has 0 saturated carbocycles. The Balaban J connectivity index is 1.54. The first-order valence-electron chi connectivity index (χ1n) is 8.52. The van der Waals surface area contributed by atoms with E-state index >= 15 is 0 Å². The maximum absolute atomic E-state index is 4.46. The fourth-order valence-corrected chi connectivity index (χ4v) is 3.74. The summed E-state index contributed by atoms with van der Waals surface area (Å²) in [6.07, 6.45) is 4.42. The van der Waals surface area contributed by atoms with E-state index in [1.165, 1.54) is 16.1 Å². The number of aromatic nitrogens is 1. The highest BCUT2D eigenvalue weighted by atomic mass is 32.1. The number of nitrogens with one attached hydrogen (secondary N) is 2. The fourth-order valence-electron chi connectivity index (χ4n) is 2.86. The molecule has 5 nitrogen and oxygen atoms in total. The van der Waals surface area contributed by atoms with Crippen molar-refractivity contribution in [3.63, 3.8) is 0 Å². The normalized spacial score (nSPS) is 14.2.